The predicted molar refractivity (Wildman–Crippen MR) is 71.1 cm³/mol. The van der Waals surface area contributed by atoms with E-state index < -0.39 is 0 Å². The summed E-state index contributed by atoms with van der Waals surface area (Å²) in [6.45, 7) is 8.74. The first-order chi connectivity index (χ1) is 7.20. The lowest BCUT2D eigenvalue weighted by Crippen LogP contribution is -1.79. The van der Waals surface area contributed by atoms with Crippen molar-refractivity contribution in [3.8, 4) is 0 Å². The van der Waals surface area contributed by atoms with Crippen molar-refractivity contribution in [1.29, 1.82) is 0 Å². The Bertz CT molecular complexity index is 228. The van der Waals surface area contributed by atoms with Gasteiger partial charge in [-0.05, 0) is 52.9 Å². The molecule has 0 aliphatic heterocycles. The molecule has 15 heavy (non-hydrogen) atoms. The van der Waals surface area contributed by atoms with Crippen molar-refractivity contribution in [2.45, 2.75) is 59.8 Å². The molecule has 0 unspecified atom stereocenters. The molecule has 0 aromatic heterocycles. The third-order valence-corrected chi connectivity index (χ3v) is 2.53. The first kappa shape index (κ1) is 14.2. The molecule has 0 N–H and O–H groups in total. The van der Waals surface area contributed by atoms with Crippen LogP contribution in [-0.4, -0.2) is 0 Å². The minimum Gasteiger partial charge on any atom is -0.0917 e. The van der Waals surface area contributed by atoms with Crippen molar-refractivity contribution >= 4 is 0 Å². The zero-order chi connectivity index (χ0) is 11.5. The zero-order valence-corrected chi connectivity index (χ0v) is 10.8. The number of hydrogen-bond acceptors (Lipinski definition) is 0. The van der Waals surface area contributed by atoms with Gasteiger partial charge in [-0.2, -0.15) is 0 Å². The summed E-state index contributed by atoms with van der Waals surface area (Å²) >= 11 is 0. The van der Waals surface area contributed by atoms with E-state index in [4.69, 9.17) is 0 Å². The van der Waals surface area contributed by atoms with E-state index in [0.29, 0.717) is 0 Å². The van der Waals surface area contributed by atoms with Gasteiger partial charge in [0.2, 0.25) is 0 Å². The Morgan fingerprint density at radius 1 is 0.933 bits per heavy atom. The molecule has 0 spiro atoms. The van der Waals surface area contributed by atoms with Crippen LogP contribution in [0, 0.1) is 0 Å². The van der Waals surface area contributed by atoms with E-state index in [9.17, 15) is 0 Å². The lowest BCUT2D eigenvalue weighted by molar-refractivity contribution is 0.916. The molecular weight excluding hydrogens is 180 g/mol. The van der Waals surface area contributed by atoms with Gasteiger partial charge >= 0.3 is 0 Å². The van der Waals surface area contributed by atoms with Crippen molar-refractivity contribution in [2.24, 2.45) is 0 Å². The third-order valence-electron chi connectivity index (χ3n) is 2.53. The van der Waals surface area contributed by atoms with Gasteiger partial charge in [0, 0.05) is 0 Å². The highest BCUT2D eigenvalue weighted by molar-refractivity contribution is 5.04. The van der Waals surface area contributed by atoms with Crippen LogP contribution in [0.2, 0.25) is 0 Å². The predicted octanol–water partition coefficient (Wildman–Crippen LogP) is 5.43. The molecule has 0 heterocycles. The minimum absolute atomic E-state index is 1.16. The molecule has 0 aromatic rings. The molecule has 0 saturated heterocycles. The normalized spacial score (nSPS) is 13.9. The van der Waals surface area contributed by atoms with E-state index >= 15 is 0 Å². The minimum atomic E-state index is 1.16. The van der Waals surface area contributed by atoms with Crippen LogP contribution in [0.1, 0.15) is 59.8 Å². The van der Waals surface area contributed by atoms with Crippen LogP contribution in [0.5, 0.6) is 0 Å². The molecule has 0 aliphatic carbocycles. The number of rotatable bonds is 7. The van der Waals surface area contributed by atoms with Crippen LogP contribution in [0.3, 0.4) is 0 Å². The number of allylic oxidation sites excluding steroid dienone is 6. The van der Waals surface area contributed by atoms with Crippen molar-refractivity contribution in [3.63, 3.8) is 0 Å². The van der Waals surface area contributed by atoms with Gasteiger partial charge in [0.05, 0.1) is 0 Å². The van der Waals surface area contributed by atoms with E-state index in [0.717, 1.165) is 6.42 Å². The van der Waals surface area contributed by atoms with E-state index in [2.05, 4.69) is 52.0 Å². The number of hydrogen-bond donors (Lipinski definition) is 0. The molecule has 0 radical (unpaired) electrons. The monoisotopic (exact) mass is 206 g/mol. The Balaban J connectivity index is 3.71. The van der Waals surface area contributed by atoms with Crippen LogP contribution < -0.4 is 0 Å². The summed E-state index contributed by atoms with van der Waals surface area (Å²) in [5.74, 6) is 0. The maximum Gasteiger partial charge on any atom is -0.0288 e. The fourth-order valence-electron chi connectivity index (χ4n) is 1.58. The molecule has 0 nitrogen and oxygen atoms in total. The first-order valence-corrected chi connectivity index (χ1v) is 6.13. The SMILES string of the molecule is CC=CCC/C(C)=C\CC/C(C)=C\CC. The van der Waals surface area contributed by atoms with Gasteiger partial charge < -0.3 is 0 Å². The van der Waals surface area contributed by atoms with Crippen LogP contribution >= 0.6 is 0 Å². The highest BCUT2D eigenvalue weighted by Gasteiger charge is 1.90. The highest BCUT2D eigenvalue weighted by Crippen LogP contribution is 2.10. The molecule has 0 aromatic carbocycles. The van der Waals surface area contributed by atoms with Crippen LogP contribution in [0.4, 0.5) is 0 Å². The maximum absolute atomic E-state index is 2.39. The smallest absolute Gasteiger partial charge is 0.0288 e. The molecule has 0 saturated carbocycles. The Hall–Kier alpha value is -0.780. The summed E-state index contributed by atoms with van der Waals surface area (Å²) < 4.78 is 0. The van der Waals surface area contributed by atoms with Crippen LogP contribution in [-0.2, 0) is 0 Å². The van der Waals surface area contributed by atoms with Gasteiger partial charge in [0.25, 0.3) is 0 Å². The maximum atomic E-state index is 2.39. The molecular formula is C15H26. The van der Waals surface area contributed by atoms with E-state index in [-0.39, 0.29) is 0 Å². The Labute approximate surface area is 95.8 Å². The average molecular weight is 206 g/mol. The Morgan fingerprint density at radius 2 is 1.53 bits per heavy atom. The summed E-state index contributed by atoms with van der Waals surface area (Å²) in [4.78, 5) is 0. The molecule has 86 valence electrons. The summed E-state index contributed by atoms with van der Waals surface area (Å²) in [7, 11) is 0. The Morgan fingerprint density at radius 3 is 2.13 bits per heavy atom. The summed E-state index contributed by atoms with van der Waals surface area (Å²) in [5, 5.41) is 0. The average Bonchev–Trinajstić information content (AvgIpc) is 2.18. The lowest BCUT2D eigenvalue weighted by atomic mass is 10.1. The topological polar surface area (TPSA) is 0 Å². The van der Waals surface area contributed by atoms with Gasteiger partial charge in [0.1, 0.15) is 0 Å². The van der Waals surface area contributed by atoms with E-state index in [1.54, 1.807) is 0 Å². The Kier molecular flexibility index (Phi) is 9.26. The van der Waals surface area contributed by atoms with Gasteiger partial charge in [-0.15, -0.1) is 0 Å². The van der Waals surface area contributed by atoms with Gasteiger partial charge in [-0.1, -0.05) is 42.4 Å². The lowest BCUT2D eigenvalue weighted by Gasteiger charge is -2.00. The van der Waals surface area contributed by atoms with Crippen molar-refractivity contribution in [1.82, 2.24) is 0 Å². The van der Waals surface area contributed by atoms with Crippen molar-refractivity contribution < 1.29 is 0 Å². The molecule has 0 fully saturated rings. The highest BCUT2D eigenvalue weighted by atomic mass is 14.0. The molecule has 0 heteroatoms. The third kappa shape index (κ3) is 9.52. The quantitative estimate of drug-likeness (QED) is 0.487. The van der Waals surface area contributed by atoms with Gasteiger partial charge in [0.15, 0.2) is 0 Å². The second kappa shape index (κ2) is 9.76. The van der Waals surface area contributed by atoms with Crippen molar-refractivity contribution in [2.75, 3.05) is 0 Å². The largest absolute Gasteiger partial charge is 0.0917 e. The molecule has 0 atom stereocenters. The summed E-state index contributed by atoms with van der Waals surface area (Å²) in [6, 6.07) is 0. The molecule has 0 aliphatic rings. The summed E-state index contributed by atoms with van der Waals surface area (Å²) in [6.07, 6.45) is 15.0. The van der Waals surface area contributed by atoms with Gasteiger partial charge in [-0.3, -0.25) is 0 Å². The zero-order valence-electron chi connectivity index (χ0n) is 10.8. The fraction of sp³-hybridized carbons (Fsp3) is 0.600. The van der Waals surface area contributed by atoms with E-state index in [1.807, 2.05) is 0 Å². The van der Waals surface area contributed by atoms with E-state index in [1.165, 1.54) is 36.8 Å². The fourth-order valence-corrected chi connectivity index (χ4v) is 1.58. The van der Waals surface area contributed by atoms with Crippen molar-refractivity contribution in [3.05, 3.63) is 35.5 Å². The summed E-state index contributed by atoms with van der Waals surface area (Å²) in [5.41, 5.74) is 3.05. The van der Waals surface area contributed by atoms with Crippen LogP contribution in [0.25, 0.3) is 0 Å². The second-order valence-corrected chi connectivity index (χ2v) is 4.16. The molecule has 0 rings (SSSR count). The first-order valence-electron chi connectivity index (χ1n) is 6.13. The molecule has 0 bridgehead atoms. The standard InChI is InChI=1S/C15H26/c1-5-7-8-11-15(4)13-9-12-14(3)10-6-2/h5,7,10,13H,6,8-9,11-12H2,1-4H3/b7-5?,14-10-,15-13-. The molecule has 0 amide bonds. The second-order valence-electron chi connectivity index (χ2n) is 4.16. The van der Waals surface area contributed by atoms with Gasteiger partial charge in [-0.25, -0.2) is 0 Å². The van der Waals surface area contributed by atoms with Crippen LogP contribution in [0.15, 0.2) is 35.5 Å².